The van der Waals surface area contributed by atoms with Crippen LogP contribution in [0.4, 0.5) is 0 Å². The SMILES string of the molecule is CC(C)CCOc1cccc(-c2ccc(C(=O)O)[nH]2)c1. The average molecular weight is 273 g/mol. The molecule has 106 valence electrons. The van der Waals surface area contributed by atoms with Crippen LogP contribution in [0.2, 0.25) is 0 Å². The van der Waals surface area contributed by atoms with E-state index in [1.807, 2.05) is 24.3 Å². The summed E-state index contributed by atoms with van der Waals surface area (Å²) in [5.74, 6) is 0.454. The molecule has 2 rings (SSSR count). The van der Waals surface area contributed by atoms with Crippen molar-refractivity contribution >= 4 is 5.97 Å². The zero-order valence-corrected chi connectivity index (χ0v) is 11.7. The van der Waals surface area contributed by atoms with E-state index in [2.05, 4.69) is 18.8 Å². The van der Waals surface area contributed by atoms with E-state index in [0.29, 0.717) is 12.5 Å². The maximum atomic E-state index is 10.9. The summed E-state index contributed by atoms with van der Waals surface area (Å²) in [6, 6.07) is 11.0. The molecule has 4 heteroatoms. The van der Waals surface area contributed by atoms with Crippen LogP contribution < -0.4 is 4.74 Å². The zero-order chi connectivity index (χ0) is 14.5. The molecule has 0 fully saturated rings. The lowest BCUT2D eigenvalue weighted by Crippen LogP contribution is -2.01. The third-order valence-corrected chi connectivity index (χ3v) is 3.03. The Labute approximate surface area is 118 Å². The highest BCUT2D eigenvalue weighted by Gasteiger charge is 2.07. The van der Waals surface area contributed by atoms with E-state index in [1.54, 1.807) is 12.1 Å². The molecule has 0 saturated carbocycles. The Morgan fingerprint density at radius 2 is 2.10 bits per heavy atom. The number of H-pyrrole nitrogens is 1. The number of carboxylic acids is 1. The molecule has 0 saturated heterocycles. The van der Waals surface area contributed by atoms with E-state index in [1.165, 1.54) is 0 Å². The lowest BCUT2D eigenvalue weighted by atomic mass is 10.1. The number of aromatic carboxylic acids is 1. The molecule has 0 atom stereocenters. The first-order chi connectivity index (χ1) is 9.56. The average Bonchev–Trinajstić information content (AvgIpc) is 2.88. The number of nitrogens with one attached hydrogen (secondary N) is 1. The van der Waals surface area contributed by atoms with Gasteiger partial charge in [0.15, 0.2) is 0 Å². The van der Waals surface area contributed by atoms with Gasteiger partial charge in [0, 0.05) is 11.3 Å². The van der Waals surface area contributed by atoms with Crippen LogP contribution in [0.25, 0.3) is 11.3 Å². The monoisotopic (exact) mass is 273 g/mol. The van der Waals surface area contributed by atoms with E-state index < -0.39 is 5.97 Å². The Hall–Kier alpha value is -2.23. The van der Waals surface area contributed by atoms with Gasteiger partial charge in [-0.3, -0.25) is 0 Å². The van der Waals surface area contributed by atoms with Crippen molar-refractivity contribution in [3.63, 3.8) is 0 Å². The van der Waals surface area contributed by atoms with E-state index in [4.69, 9.17) is 9.84 Å². The molecule has 2 N–H and O–H groups in total. The minimum atomic E-state index is -0.958. The second-order valence-corrected chi connectivity index (χ2v) is 5.15. The molecule has 2 aromatic rings. The fraction of sp³-hybridized carbons (Fsp3) is 0.312. The van der Waals surface area contributed by atoms with E-state index >= 15 is 0 Å². The number of benzene rings is 1. The van der Waals surface area contributed by atoms with Crippen molar-refractivity contribution in [1.82, 2.24) is 4.98 Å². The Kier molecular flexibility index (Phi) is 4.45. The van der Waals surface area contributed by atoms with Gasteiger partial charge in [0.1, 0.15) is 11.4 Å². The van der Waals surface area contributed by atoms with Crippen molar-refractivity contribution in [3.8, 4) is 17.0 Å². The van der Waals surface area contributed by atoms with E-state index in [-0.39, 0.29) is 5.69 Å². The lowest BCUT2D eigenvalue weighted by molar-refractivity contribution is 0.0691. The van der Waals surface area contributed by atoms with Crippen LogP contribution >= 0.6 is 0 Å². The Balaban J connectivity index is 2.10. The summed E-state index contributed by atoms with van der Waals surface area (Å²) in [6.07, 6.45) is 1.01. The van der Waals surface area contributed by atoms with Crippen molar-refractivity contribution in [2.24, 2.45) is 5.92 Å². The number of rotatable bonds is 6. The summed E-state index contributed by atoms with van der Waals surface area (Å²) >= 11 is 0. The standard InChI is InChI=1S/C16H19NO3/c1-11(2)8-9-20-13-5-3-4-12(10-13)14-6-7-15(17-14)16(18)19/h3-7,10-11,17H,8-9H2,1-2H3,(H,18,19). The second kappa shape index (κ2) is 6.28. The van der Waals surface area contributed by atoms with Crippen molar-refractivity contribution in [3.05, 3.63) is 42.1 Å². The number of aromatic amines is 1. The summed E-state index contributed by atoms with van der Waals surface area (Å²) in [5, 5.41) is 8.91. The normalized spacial score (nSPS) is 10.8. The fourth-order valence-electron chi connectivity index (χ4n) is 1.85. The maximum absolute atomic E-state index is 10.9. The Morgan fingerprint density at radius 1 is 1.30 bits per heavy atom. The molecule has 0 unspecified atom stereocenters. The molecule has 0 spiro atoms. The summed E-state index contributed by atoms with van der Waals surface area (Å²) in [6.45, 7) is 5.00. The van der Waals surface area contributed by atoms with Gasteiger partial charge in [-0.05, 0) is 36.6 Å². The largest absolute Gasteiger partial charge is 0.494 e. The number of hydrogen-bond donors (Lipinski definition) is 2. The van der Waals surface area contributed by atoms with E-state index in [9.17, 15) is 4.79 Å². The smallest absolute Gasteiger partial charge is 0.352 e. The fourth-order valence-corrected chi connectivity index (χ4v) is 1.85. The van der Waals surface area contributed by atoms with Crippen LogP contribution in [-0.4, -0.2) is 22.7 Å². The number of aromatic nitrogens is 1. The molecule has 1 heterocycles. The number of carboxylic acid groups (broad SMARTS) is 1. The topological polar surface area (TPSA) is 62.3 Å². The van der Waals surface area contributed by atoms with Gasteiger partial charge < -0.3 is 14.8 Å². The van der Waals surface area contributed by atoms with Crippen LogP contribution in [-0.2, 0) is 0 Å². The van der Waals surface area contributed by atoms with Gasteiger partial charge in [0.05, 0.1) is 6.61 Å². The van der Waals surface area contributed by atoms with Crippen LogP contribution in [0, 0.1) is 5.92 Å². The molecule has 1 aromatic carbocycles. The van der Waals surface area contributed by atoms with E-state index in [0.717, 1.165) is 23.4 Å². The molecule has 0 aliphatic carbocycles. The molecular formula is C16H19NO3. The third kappa shape index (κ3) is 3.63. The predicted octanol–water partition coefficient (Wildman–Crippen LogP) is 3.80. The van der Waals surface area contributed by atoms with Crippen LogP contribution in [0.1, 0.15) is 30.8 Å². The van der Waals surface area contributed by atoms with Gasteiger partial charge in [0.25, 0.3) is 0 Å². The van der Waals surface area contributed by atoms with Gasteiger partial charge in [-0.15, -0.1) is 0 Å². The third-order valence-electron chi connectivity index (χ3n) is 3.03. The number of ether oxygens (including phenoxy) is 1. The minimum absolute atomic E-state index is 0.186. The molecule has 0 bridgehead atoms. The molecule has 1 aromatic heterocycles. The van der Waals surface area contributed by atoms with Gasteiger partial charge in [-0.1, -0.05) is 26.0 Å². The number of carbonyl (C=O) groups is 1. The van der Waals surface area contributed by atoms with Gasteiger partial charge in [-0.2, -0.15) is 0 Å². The van der Waals surface area contributed by atoms with Crippen LogP contribution in [0.15, 0.2) is 36.4 Å². The zero-order valence-electron chi connectivity index (χ0n) is 11.7. The predicted molar refractivity (Wildman–Crippen MR) is 78.1 cm³/mol. The van der Waals surface area contributed by atoms with Gasteiger partial charge >= 0.3 is 5.97 Å². The Morgan fingerprint density at radius 3 is 2.75 bits per heavy atom. The first kappa shape index (κ1) is 14.2. The molecular weight excluding hydrogens is 254 g/mol. The summed E-state index contributed by atoms with van der Waals surface area (Å²) in [4.78, 5) is 13.7. The molecule has 0 radical (unpaired) electrons. The molecule has 4 nitrogen and oxygen atoms in total. The van der Waals surface area contributed by atoms with Crippen molar-refractivity contribution in [1.29, 1.82) is 0 Å². The highest BCUT2D eigenvalue weighted by atomic mass is 16.5. The highest BCUT2D eigenvalue weighted by Crippen LogP contribution is 2.23. The Bertz CT molecular complexity index is 587. The number of hydrogen-bond acceptors (Lipinski definition) is 2. The highest BCUT2D eigenvalue weighted by molar-refractivity contribution is 5.86. The molecule has 0 aliphatic heterocycles. The quantitative estimate of drug-likeness (QED) is 0.841. The van der Waals surface area contributed by atoms with Crippen LogP contribution in [0.3, 0.4) is 0 Å². The second-order valence-electron chi connectivity index (χ2n) is 5.15. The van der Waals surface area contributed by atoms with Gasteiger partial charge in [-0.25, -0.2) is 4.79 Å². The van der Waals surface area contributed by atoms with Crippen LogP contribution in [0.5, 0.6) is 5.75 Å². The van der Waals surface area contributed by atoms with Crippen molar-refractivity contribution in [2.45, 2.75) is 20.3 Å². The first-order valence-corrected chi connectivity index (χ1v) is 6.72. The summed E-state index contributed by atoms with van der Waals surface area (Å²) in [7, 11) is 0. The maximum Gasteiger partial charge on any atom is 0.352 e. The molecule has 20 heavy (non-hydrogen) atoms. The van der Waals surface area contributed by atoms with Gasteiger partial charge in [0.2, 0.25) is 0 Å². The minimum Gasteiger partial charge on any atom is -0.494 e. The molecule has 0 amide bonds. The van der Waals surface area contributed by atoms with Crippen molar-refractivity contribution < 1.29 is 14.6 Å². The lowest BCUT2D eigenvalue weighted by Gasteiger charge is -2.09. The van der Waals surface area contributed by atoms with Crippen molar-refractivity contribution in [2.75, 3.05) is 6.61 Å². The summed E-state index contributed by atoms with van der Waals surface area (Å²) < 4.78 is 5.70. The molecule has 0 aliphatic rings. The first-order valence-electron chi connectivity index (χ1n) is 6.72. The summed E-state index contributed by atoms with van der Waals surface area (Å²) in [5.41, 5.74) is 1.88.